The predicted molar refractivity (Wildman–Crippen MR) is 203 cm³/mol. The summed E-state index contributed by atoms with van der Waals surface area (Å²) in [6, 6.07) is 37.8. The number of hydrogen-bond acceptors (Lipinski definition) is 5. The zero-order chi connectivity index (χ0) is 36.2. The van der Waals surface area contributed by atoms with Crippen LogP contribution in [-0.4, -0.2) is 44.3 Å². The summed E-state index contributed by atoms with van der Waals surface area (Å²) < 4.78 is 35.8. The van der Waals surface area contributed by atoms with Crippen molar-refractivity contribution < 1.29 is 22.7 Å². The van der Waals surface area contributed by atoms with Crippen LogP contribution in [0.4, 0.5) is 5.69 Å². The van der Waals surface area contributed by atoms with E-state index < -0.39 is 28.5 Å². The third kappa shape index (κ3) is 9.99. The van der Waals surface area contributed by atoms with Crippen molar-refractivity contribution in [2.45, 2.75) is 50.6 Å². The molecule has 1 atom stereocenters. The Kier molecular flexibility index (Phi) is 12.9. The van der Waals surface area contributed by atoms with Crippen LogP contribution >= 0.6 is 11.6 Å². The summed E-state index contributed by atoms with van der Waals surface area (Å²) in [6.45, 7) is 3.76. The van der Waals surface area contributed by atoms with Gasteiger partial charge in [-0.3, -0.25) is 13.9 Å². The van der Waals surface area contributed by atoms with Crippen LogP contribution in [0.3, 0.4) is 0 Å². The lowest BCUT2D eigenvalue weighted by Gasteiger charge is -2.34. The van der Waals surface area contributed by atoms with Crippen LogP contribution in [0.5, 0.6) is 11.5 Å². The molecule has 0 aliphatic heterocycles. The predicted octanol–water partition coefficient (Wildman–Crippen LogP) is 8.19. The molecule has 0 aromatic heterocycles. The highest BCUT2D eigenvalue weighted by Crippen LogP contribution is 2.29. The molecular formula is C41H42ClN3O5S. The summed E-state index contributed by atoms with van der Waals surface area (Å²) in [7, 11) is -4.26. The molecule has 1 N–H and O–H groups in total. The number of halogens is 1. The molecule has 51 heavy (non-hydrogen) atoms. The van der Waals surface area contributed by atoms with E-state index in [9.17, 15) is 18.0 Å². The zero-order valence-electron chi connectivity index (χ0n) is 28.7. The molecule has 0 saturated carbocycles. The number of nitrogens with one attached hydrogen (secondary N) is 1. The van der Waals surface area contributed by atoms with Gasteiger partial charge in [0.15, 0.2) is 0 Å². The van der Waals surface area contributed by atoms with Crippen molar-refractivity contribution in [3.8, 4) is 11.5 Å². The maximum Gasteiger partial charge on any atom is 0.264 e. The molecular weight excluding hydrogens is 682 g/mol. The Morgan fingerprint density at radius 3 is 2.04 bits per heavy atom. The van der Waals surface area contributed by atoms with Gasteiger partial charge in [0.2, 0.25) is 11.8 Å². The summed E-state index contributed by atoms with van der Waals surface area (Å²) >= 11 is 6.60. The topological polar surface area (TPSA) is 96.0 Å². The number of anilines is 1. The van der Waals surface area contributed by atoms with Gasteiger partial charge in [-0.1, -0.05) is 109 Å². The highest BCUT2D eigenvalue weighted by Gasteiger charge is 2.35. The van der Waals surface area contributed by atoms with Gasteiger partial charge in [0.05, 0.1) is 10.6 Å². The quantitative estimate of drug-likeness (QED) is 0.104. The molecule has 5 rings (SSSR count). The minimum absolute atomic E-state index is 0.0144. The van der Waals surface area contributed by atoms with Gasteiger partial charge in [-0.25, -0.2) is 8.42 Å². The number of para-hydroxylation sites is 1. The van der Waals surface area contributed by atoms with Gasteiger partial charge in [-0.15, -0.1) is 0 Å². The van der Waals surface area contributed by atoms with Crippen molar-refractivity contribution in [3.05, 3.63) is 155 Å². The molecule has 0 aliphatic carbocycles. The Bertz CT molecular complexity index is 1990. The van der Waals surface area contributed by atoms with E-state index in [0.29, 0.717) is 28.6 Å². The number of amides is 2. The average molecular weight is 724 g/mol. The minimum atomic E-state index is -4.26. The van der Waals surface area contributed by atoms with Crippen LogP contribution in [0, 0.1) is 6.92 Å². The third-order valence-corrected chi connectivity index (χ3v) is 10.5. The van der Waals surface area contributed by atoms with Gasteiger partial charge in [0.25, 0.3) is 10.0 Å². The first-order chi connectivity index (χ1) is 24.7. The highest BCUT2D eigenvalue weighted by molar-refractivity contribution is 7.92. The van der Waals surface area contributed by atoms with E-state index in [1.807, 2.05) is 80.6 Å². The standard InChI is InChI=1S/C41H42ClN3O5S/c1-3-4-27-43-41(47)39(28-32-13-7-5-8-14-32)44(29-33-15-11-12-18-38(33)42)40(46)30-45(51(48,49)37-25-19-31(2)20-26-37)34-21-23-36(24-22-34)50-35-16-9-6-10-17-35/h5-26,39H,3-4,27-30H2,1-2H3,(H,43,47)/t39-/m1/s1. The molecule has 0 heterocycles. The molecule has 0 aliphatic rings. The zero-order valence-corrected chi connectivity index (χ0v) is 30.3. The van der Waals surface area contributed by atoms with Gasteiger partial charge in [-0.2, -0.15) is 0 Å². The molecule has 0 fully saturated rings. The average Bonchev–Trinajstić information content (AvgIpc) is 3.14. The second-order valence-corrected chi connectivity index (χ2v) is 14.5. The van der Waals surface area contributed by atoms with Gasteiger partial charge >= 0.3 is 0 Å². The molecule has 0 saturated heterocycles. The summed E-state index contributed by atoms with van der Waals surface area (Å²) in [6.07, 6.45) is 1.87. The number of nitrogens with zero attached hydrogens (tertiary/aromatic N) is 2. The maximum absolute atomic E-state index is 14.7. The van der Waals surface area contributed by atoms with E-state index >= 15 is 0 Å². The molecule has 0 unspecified atom stereocenters. The van der Waals surface area contributed by atoms with Crippen molar-refractivity contribution in [2.24, 2.45) is 0 Å². The van der Waals surface area contributed by atoms with Gasteiger partial charge in [0.1, 0.15) is 24.1 Å². The van der Waals surface area contributed by atoms with Crippen LogP contribution in [0.15, 0.2) is 138 Å². The molecule has 264 valence electrons. The van der Waals surface area contributed by atoms with Crippen molar-refractivity contribution in [1.82, 2.24) is 10.2 Å². The molecule has 0 bridgehead atoms. The smallest absolute Gasteiger partial charge is 0.264 e. The summed E-state index contributed by atoms with van der Waals surface area (Å²) in [5.41, 5.74) is 2.63. The first-order valence-corrected chi connectivity index (χ1v) is 18.7. The minimum Gasteiger partial charge on any atom is -0.457 e. The number of unbranched alkanes of at least 4 members (excludes halogenated alkanes) is 1. The van der Waals surface area contributed by atoms with Gasteiger partial charge in [-0.05, 0) is 79.1 Å². The van der Waals surface area contributed by atoms with Crippen LogP contribution < -0.4 is 14.4 Å². The second kappa shape index (κ2) is 17.7. The number of carbonyl (C=O) groups excluding carboxylic acids is 2. The summed E-state index contributed by atoms with van der Waals surface area (Å²) in [5.74, 6) is 0.224. The maximum atomic E-state index is 14.7. The van der Waals surface area contributed by atoms with E-state index in [0.717, 1.165) is 28.3 Å². The first-order valence-electron chi connectivity index (χ1n) is 16.9. The van der Waals surface area contributed by atoms with Gasteiger partial charge < -0.3 is 15.0 Å². The lowest BCUT2D eigenvalue weighted by atomic mass is 10.0. The van der Waals surface area contributed by atoms with Crippen LogP contribution in [0.2, 0.25) is 5.02 Å². The van der Waals surface area contributed by atoms with E-state index in [-0.39, 0.29) is 29.5 Å². The van der Waals surface area contributed by atoms with E-state index in [1.165, 1.54) is 17.0 Å². The van der Waals surface area contributed by atoms with Crippen LogP contribution in [0.25, 0.3) is 0 Å². The normalized spacial score (nSPS) is 11.7. The molecule has 5 aromatic rings. The number of ether oxygens (including phenoxy) is 1. The fourth-order valence-electron chi connectivity index (χ4n) is 5.54. The number of rotatable bonds is 16. The molecule has 10 heteroatoms. The lowest BCUT2D eigenvalue weighted by molar-refractivity contribution is -0.140. The molecule has 8 nitrogen and oxygen atoms in total. The van der Waals surface area contributed by atoms with E-state index in [4.69, 9.17) is 16.3 Å². The van der Waals surface area contributed by atoms with Crippen molar-refractivity contribution in [2.75, 3.05) is 17.4 Å². The summed E-state index contributed by atoms with van der Waals surface area (Å²) in [4.78, 5) is 30.1. The van der Waals surface area contributed by atoms with Gasteiger partial charge in [0, 0.05) is 24.5 Å². The van der Waals surface area contributed by atoms with Crippen molar-refractivity contribution in [3.63, 3.8) is 0 Å². The Balaban J connectivity index is 1.55. The van der Waals surface area contributed by atoms with Crippen LogP contribution in [-0.2, 0) is 32.6 Å². The number of sulfonamides is 1. The molecule has 2 amide bonds. The Morgan fingerprint density at radius 1 is 0.784 bits per heavy atom. The largest absolute Gasteiger partial charge is 0.457 e. The monoisotopic (exact) mass is 723 g/mol. The summed E-state index contributed by atoms with van der Waals surface area (Å²) in [5, 5.41) is 3.43. The highest BCUT2D eigenvalue weighted by atomic mass is 35.5. The lowest BCUT2D eigenvalue weighted by Crippen LogP contribution is -2.53. The fourth-order valence-corrected chi connectivity index (χ4v) is 7.15. The van der Waals surface area contributed by atoms with E-state index in [1.54, 1.807) is 54.6 Å². The fraction of sp³-hybridized carbons (Fsp3) is 0.220. The Morgan fingerprint density at radius 2 is 1.39 bits per heavy atom. The molecule has 5 aromatic carbocycles. The Hall–Kier alpha value is -5.12. The first kappa shape index (κ1) is 37.1. The number of benzene rings is 5. The van der Waals surface area contributed by atoms with Crippen molar-refractivity contribution in [1.29, 1.82) is 0 Å². The number of aryl methyl sites for hydroxylation is 1. The van der Waals surface area contributed by atoms with Crippen LogP contribution in [0.1, 0.15) is 36.5 Å². The molecule has 0 radical (unpaired) electrons. The molecule has 0 spiro atoms. The van der Waals surface area contributed by atoms with Crippen molar-refractivity contribution >= 4 is 39.1 Å². The van der Waals surface area contributed by atoms with E-state index in [2.05, 4.69) is 5.32 Å². The Labute approximate surface area is 305 Å². The number of hydrogen-bond donors (Lipinski definition) is 1. The third-order valence-electron chi connectivity index (χ3n) is 8.39. The number of carbonyl (C=O) groups is 2. The SMILES string of the molecule is CCCCNC(=O)[C@@H](Cc1ccccc1)N(Cc1ccccc1Cl)C(=O)CN(c1ccc(Oc2ccccc2)cc1)S(=O)(=O)c1ccc(C)cc1. The second-order valence-electron chi connectivity index (χ2n) is 12.2.